The third kappa shape index (κ3) is 3.63. The number of methoxy groups -OCH3 is 2. The van der Waals surface area contributed by atoms with E-state index in [9.17, 15) is 0 Å². The highest BCUT2D eigenvalue weighted by atomic mass is 16.5. The van der Waals surface area contributed by atoms with Gasteiger partial charge in [0.25, 0.3) is 0 Å². The molecule has 0 bridgehead atoms. The average molecular weight is 414 g/mol. The van der Waals surface area contributed by atoms with Crippen LogP contribution in [0.4, 0.5) is 5.69 Å². The molecule has 1 N–H and O–H groups in total. The summed E-state index contributed by atoms with van der Waals surface area (Å²) in [5, 5.41) is 3.82. The van der Waals surface area contributed by atoms with Crippen LogP contribution in [-0.2, 0) is 6.61 Å². The molecule has 158 valence electrons. The topological polar surface area (TPSA) is 39.7 Å². The molecular formula is C27H27NO3. The Kier molecular flexibility index (Phi) is 5.29. The molecule has 0 spiro atoms. The maximum atomic E-state index is 6.27. The summed E-state index contributed by atoms with van der Waals surface area (Å²) >= 11 is 0. The first-order valence-electron chi connectivity index (χ1n) is 10.7. The van der Waals surface area contributed by atoms with E-state index in [1.165, 1.54) is 11.1 Å². The van der Waals surface area contributed by atoms with Crippen LogP contribution in [0.15, 0.2) is 78.9 Å². The number of hydrogen-bond donors (Lipinski definition) is 1. The van der Waals surface area contributed by atoms with Crippen LogP contribution in [0.25, 0.3) is 0 Å². The van der Waals surface area contributed by atoms with Gasteiger partial charge in [-0.25, -0.2) is 0 Å². The minimum absolute atomic E-state index is 0.161. The van der Waals surface area contributed by atoms with E-state index < -0.39 is 0 Å². The molecular weight excluding hydrogens is 386 g/mol. The highest BCUT2D eigenvalue weighted by Crippen LogP contribution is 2.52. The Morgan fingerprint density at radius 1 is 0.871 bits per heavy atom. The normalized spacial score (nSPS) is 21.0. The van der Waals surface area contributed by atoms with Gasteiger partial charge in [-0.15, -0.1) is 0 Å². The summed E-state index contributed by atoms with van der Waals surface area (Å²) in [4.78, 5) is 0. The molecule has 3 unspecified atom stereocenters. The van der Waals surface area contributed by atoms with Crippen molar-refractivity contribution in [3.63, 3.8) is 0 Å². The molecule has 1 aliphatic carbocycles. The Labute approximate surface area is 183 Å². The molecule has 0 radical (unpaired) electrons. The van der Waals surface area contributed by atoms with Gasteiger partial charge >= 0.3 is 0 Å². The van der Waals surface area contributed by atoms with Crippen molar-refractivity contribution in [3.05, 3.63) is 95.6 Å². The Morgan fingerprint density at radius 2 is 1.71 bits per heavy atom. The van der Waals surface area contributed by atoms with Crippen molar-refractivity contribution in [2.45, 2.75) is 25.0 Å². The fraction of sp³-hybridized carbons (Fsp3) is 0.259. The minimum Gasteiger partial charge on any atom is -0.493 e. The SMILES string of the molecule is COc1ccc(C2Nc3c(OCc4ccccc4)cccc3C3C=CCC32)cc1OC. The predicted molar refractivity (Wildman–Crippen MR) is 123 cm³/mol. The van der Waals surface area contributed by atoms with Gasteiger partial charge in [0.05, 0.1) is 25.9 Å². The van der Waals surface area contributed by atoms with Crippen molar-refractivity contribution >= 4 is 5.69 Å². The van der Waals surface area contributed by atoms with Gasteiger partial charge in [0.15, 0.2) is 11.5 Å². The largest absolute Gasteiger partial charge is 0.493 e. The maximum absolute atomic E-state index is 6.27. The van der Waals surface area contributed by atoms with Gasteiger partial charge in [-0.3, -0.25) is 0 Å². The van der Waals surface area contributed by atoms with E-state index in [0.29, 0.717) is 18.4 Å². The lowest BCUT2D eigenvalue weighted by Gasteiger charge is -2.38. The second-order valence-corrected chi connectivity index (χ2v) is 8.08. The van der Waals surface area contributed by atoms with Crippen LogP contribution in [-0.4, -0.2) is 14.2 Å². The molecule has 0 saturated carbocycles. The number of nitrogens with one attached hydrogen (secondary N) is 1. The number of hydrogen-bond acceptors (Lipinski definition) is 4. The maximum Gasteiger partial charge on any atom is 0.161 e. The molecule has 0 fully saturated rings. The van der Waals surface area contributed by atoms with Crippen LogP contribution in [0.2, 0.25) is 0 Å². The molecule has 5 rings (SSSR count). The van der Waals surface area contributed by atoms with Gasteiger partial charge in [-0.05, 0) is 47.2 Å². The molecule has 0 saturated heterocycles. The molecule has 2 aliphatic rings. The fourth-order valence-corrected chi connectivity index (χ4v) is 4.82. The van der Waals surface area contributed by atoms with Crippen molar-refractivity contribution in [2.24, 2.45) is 5.92 Å². The molecule has 3 atom stereocenters. The standard InChI is InChI=1S/C27H27NO3/c1-29-23-15-14-19(16-25(23)30-2)26-21-11-6-10-20(21)22-12-7-13-24(27(22)28-26)31-17-18-8-4-3-5-9-18/h3-10,12-16,20-21,26,28H,11,17H2,1-2H3. The van der Waals surface area contributed by atoms with Gasteiger partial charge in [0.1, 0.15) is 12.4 Å². The lowest BCUT2D eigenvalue weighted by atomic mass is 9.77. The quantitative estimate of drug-likeness (QED) is 0.495. The van der Waals surface area contributed by atoms with Crippen LogP contribution in [0.1, 0.15) is 35.1 Å². The molecule has 1 aliphatic heterocycles. The van der Waals surface area contributed by atoms with E-state index in [1.54, 1.807) is 14.2 Å². The number of rotatable bonds is 6. The van der Waals surface area contributed by atoms with Crippen LogP contribution in [0.5, 0.6) is 17.2 Å². The Bertz CT molecular complexity index is 1090. The van der Waals surface area contributed by atoms with E-state index >= 15 is 0 Å². The smallest absolute Gasteiger partial charge is 0.161 e. The van der Waals surface area contributed by atoms with E-state index in [4.69, 9.17) is 14.2 Å². The molecule has 3 aromatic carbocycles. The summed E-state index contributed by atoms with van der Waals surface area (Å²) in [5.41, 5.74) is 4.75. The Morgan fingerprint density at radius 3 is 2.52 bits per heavy atom. The lowest BCUT2D eigenvalue weighted by Crippen LogP contribution is -2.29. The van der Waals surface area contributed by atoms with Crippen LogP contribution >= 0.6 is 0 Å². The first-order valence-corrected chi connectivity index (χ1v) is 10.7. The summed E-state index contributed by atoms with van der Waals surface area (Å²) in [6.45, 7) is 0.546. The van der Waals surface area contributed by atoms with E-state index in [2.05, 4.69) is 59.9 Å². The second-order valence-electron chi connectivity index (χ2n) is 8.08. The van der Waals surface area contributed by atoms with Gasteiger partial charge in [-0.2, -0.15) is 0 Å². The zero-order valence-corrected chi connectivity index (χ0v) is 17.9. The summed E-state index contributed by atoms with van der Waals surface area (Å²) in [6, 6.07) is 23.0. The molecule has 4 nitrogen and oxygen atoms in total. The van der Waals surface area contributed by atoms with Gasteiger partial charge in [-0.1, -0.05) is 60.7 Å². The molecule has 0 aromatic heterocycles. The number of anilines is 1. The van der Waals surface area contributed by atoms with Crippen molar-refractivity contribution in [3.8, 4) is 17.2 Å². The highest BCUT2D eigenvalue weighted by molar-refractivity contribution is 5.68. The van der Waals surface area contributed by atoms with E-state index in [0.717, 1.165) is 34.9 Å². The number of ether oxygens (including phenoxy) is 3. The summed E-state index contributed by atoms with van der Waals surface area (Å²) < 4.78 is 17.3. The average Bonchev–Trinajstić information content (AvgIpc) is 3.33. The Hall–Kier alpha value is -3.40. The summed E-state index contributed by atoms with van der Waals surface area (Å²) in [7, 11) is 3.35. The van der Waals surface area contributed by atoms with E-state index in [1.807, 2.05) is 24.3 Å². The van der Waals surface area contributed by atoms with Crippen LogP contribution < -0.4 is 19.5 Å². The Balaban J connectivity index is 1.49. The first-order chi connectivity index (χ1) is 15.3. The van der Waals surface area contributed by atoms with Gasteiger partial charge in [0.2, 0.25) is 0 Å². The number of allylic oxidation sites excluding steroid dienone is 2. The molecule has 0 amide bonds. The summed E-state index contributed by atoms with van der Waals surface area (Å²) in [5.74, 6) is 3.22. The monoisotopic (exact) mass is 413 g/mol. The highest BCUT2D eigenvalue weighted by Gasteiger charge is 2.39. The summed E-state index contributed by atoms with van der Waals surface area (Å²) in [6.07, 6.45) is 5.70. The van der Waals surface area contributed by atoms with Gasteiger partial charge < -0.3 is 19.5 Å². The zero-order valence-electron chi connectivity index (χ0n) is 17.9. The third-order valence-electron chi connectivity index (χ3n) is 6.36. The van der Waals surface area contributed by atoms with Crippen molar-refractivity contribution in [2.75, 3.05) is 19.5 Å². The number of para-hydroxylation sites is 1. The van der Waals surface area contributed by atoms with Crippen molar-refractivity contribution in [1.82, 2.24) is 0 Å². The van der Waals surface area contributed by atoms with Crippen molar-refractivity contribution < 1.29 is 14.2 Å². The lowest BCUT2D eigenvalue weighted by molar-refractivity contribution is 0.304. The molecule has 4 heteroatoms. The van der Waals surface area contributed by atoms with E-state index in [-0.39, 0.29) is 6.04 Å². The zero-order chi connectivity index (χ0) is 21.2. The van der Waals surface area contributed by atoms with Crippen molar-refractivity contribution in [1.29, 1.82) is 0 Å². The molecule has 3 aromatic rings. The fourth-order valence-electron chi connectivity index (χ4n) is 4.82. The molecule has 1 heterocycles. The third-order valence-corrected chi connectivity index (χ3v) is 6.36. The van der Waals surface area contributed by atoms with Crippen LogP contribution in [0, 0.1) is 5.92 Å². The second kappa shape index (κ2) is 8.38. The number of benzene rings is 3. The minimum atomic E-state index is 0.161. The number of fused-ring (bicyclic) bond motifs is 3. The first kappa shape index (κ1) is 19.6. The van der Waals surface area contributed by atoms with Crippen LogP contribution in [0.3, 0.4) is 0 Å². The molecule has 31 heavy (non-hydrogen) atoms. The predicted octanol–water partition coefficient (Wildman–Crippen LogP) is 6.11. The van der Waals surface area contributed by atoms with Gasteiger partial charge in [0, 0.05) is 5.92 Å².